The molecule has 0 amide bonds. The molecule has 0 spiro atoms. The van der Waals surface area contributed by atoms with Gasteiger partial charge in [0, 0.05) is 6.04 Å². The largest absolute Gasteiger partial charge is 0.314 e. The van der Waals surface area contributed by atoms with E-state index in [0.29, 0.717) is 6.04 Å². The number of nitriles is 1. The number of nitrogens with one attached hydrogen (secondary N) is 1. The van der Waals surface area contributed by atoms with E-state index in [1.54, 1.807) is 0 Å². The first kappa shape index (κ1) is 13.5. The van der Waals surface area contributed by atoms with Crippen LogP contribution in [0.5, 0.6) is 0 Å². The zero-order valence-corrected chi connectivity index (χ0v) is 11.1. The van der Waals surface area contributed by atoms with Gasteiger partial charge in [0.15, 0.2) is 0 Å². The molecular weight excluding hydrogens is 196 g/mol. The van der Waals surface area contributed by atoms with Crippen molar-refractivity contribution < 1.29 is 0 Å². The normalized spacial score (nSPS) is 20.4. The van der Waals surface area contributed by atoms with Crippen LogP contribution in [-0.2, 0) is 0 Å². The fourth-order valence-electron chi connectivity index (χ4n) is 2.47. The van der Waals surface area contributed by atoms with Crippen molar-refractivity contribution >= 4 is 0 Å². The summed E-state index contributed by atoms with van der Waals surface area (Å²) in [4.78, 5) is 0. The maximum Gasteiger partial charge on any atom is 0.0684 e. The maximum absolute atomic E-state index is 8.93. The monoisotopic (exact) mass is 222 g/mol. The molecule has 0 aromatic carbocycles. The molecule has 2 heteroatoms. The number of nitrogens with zero attached hydrogens (tertiary/aromatic N) is 1. The minimum absolute atomic E-state index is 0.181. The second-order valence-electron chi connectivity index (χ2n) is 5.89. The summed E-state index contributed by atoms with van der Waals surface area (Å²) < 4.78 is 0. The van der Waals surface area contributed by atoms with E-state index in [9.17, 15) is 0 Å². The van der Waals surface area contributed by atoms with Gasteiger partial charge in [-0.05, 0) is 52.5 Å². The van der Waals surface area contributed by atoms with Gasteiger partial charge in [0.1, 0.15) is 0 Å². The summed E-state index contributed by atoms with van der Waals surface area (Å²) in [5, 5.41) is 12.5. The van der Waals surface area contributed by atoms with Crippen molar-refractivity contribution in [3.63, 3.8) is 0 Å². The van der Waals surface area contributed by atoms with Gasteiger partial charge in [-0.1, -0.05) is 19.3 Å². The molecule has 1 atom stereocenters. The Balaban J connectivity index is 2.19. The van der Waals surface area contributed by atoms with Gasteiger partial charge in [-0.25, -0.2) is 0 Å². The zero-order valence-electron chi connectivity index (χ0n) is 11.1. The second-order valence-corrected chi connectivity index (χ2v) is 5.89. The lowest BCUT2D eigenvalue weighted by molar-refractivity contribution is 0.274. The van der Waals surface area contributed by atoms with Crippen molar-refractivity contribution in [1.29, 1.82) is 5.26 Å². The Kier molecular flexibility index (Phi) is 5.28. The number of hydrogen-bond donors (Lipinski definition) is 1. The van der Waals surface area contributed by atoms with Crippen molar-refractivity contribution in [2.24, 2.45) is 11.3 Å². The predicted molar refractivity (Wildman–Crippen MR) is 68.1 cm³/mol. The van der Waals surface area contributed by atoms with Crippen molar-refractivity contribution in [3.05, 3.63) is 0 Å². The molecule has 0 aromatic heterocycles. The Hall–Kier alpha value is -0.550. The lowest BCUT2D eigenvalue weighted by Gasteiger charge is -2.29. The quantitative estimate of drug-likeness (QED) is 0.773. The Labute approximate surface area is 100 Å². The summed E-state index contributed by atoms with van der Waals surface area (Å²) in [7, 11) is 0. The Morgan fingerprint density at radius 3 is 2.50 bits per heavy atom. The van der Waals surface area contributed by atoms with Gasteiger partial charge in [0.05, 0.1) is 11.5 Å². The molecule has 0 heterocycles. The molecule has 0 aromatic rings. The molecule has 1 aliphatic rings. The van der Waals surface area contributed by atoms with Gasteiger partial charge in [-0.15, -0.1) is 0 Å². The van der Waals surface area contributed by atoms with E-state index in [2.05, 4.69) is 18.3 Å². The highest BCUT2D eigenvalue weighted by Crippen LogP contribution is 2.26. The van der Waals surface area contributed by atoms with E-state index in [1.807, 2.05) is 13.8 Å². The van der Waals surface area contributed by atoms with Crippen LogP contribution in [0.2, 0.25) is 0 Å². The molecule has 1 rings (SSSR count). The third kappa shape index (κ3) is 4.53. The van der Waals surface area contributed by atoms with Gasteiger partial charge in [0.2, 0.25) is 0 Å². The van der Waals surface area contributed by atoms with Crippen LogP contribution < -0.4 is 5.32 Å². The van der Waals surface area contributed by atoms with E-state index in [1.165, 1.54) is 32.1 Å². The van der Waals surface area contributed by atoms with Gasteiger partial charge in [0.25, 0.3) is 0 Å². The van der Waals surface area contributed by atoms with Gasteiger partial charge < -0.3 is 5.32 Å². The first-order valence-electron chi connectivity index (χ1n) is 6.70. The number of hydrogen-bond acceptors (Lipinski definition) is 2. The van der Waals surface area contributed by atoms with Crippen molar-refractivity contribution in [2.75, 3.05) is 6.54 Å². The zero-order chi connectivity index (χ0) is 12.0. The Bertz CT molecular complexity index is 234. The van der Waals surface area contributed by atoms with E-state index < -0.39 is 0 Å². The summed E-state index contributed by atoms with van der Waals surface area (Å²) in [6.45, 7) is 7.30. The summed E-state index contributed by atoms with van der Waals surface area (Å²) >= 11 is 0. The molecule has 0 bridgehead atoms. The lowest BCUT2D eigenvalue weighted by Crippen LogP contribution is -2.36. The number of rotatable bonds is 5. The first-order chi connectivity index (χ1) is 7.55. The third-order valence-corrected chi connectivity index (χ3v) is 3.88. The summed E-state index contributed by atoms with van der Waals surface area (Å²) in [6.07, 6.45) is 7.94. The SMILES string of the molecule is CC(NCCC(C)(C)C#N)C1CCCCC1. The minimum atomic E-state index is -0.181. The highest BCUT2D eigenvalue weighted by atomic mass is 14.9. The summed E-state index contributed by atoms with van der Waals surface area (Å²) in [5.41, 5.74) is -0.181. The van der Waals surface area contributed by atoms with Crippen LogP contribution in [0.4, 0.5) is 0 Å². The van der Waals surface area contributed by atoms with Crippen LogP contribution in [0, 0.1) is 22.7 Å². The van der Waals surface area contributed by atoms with Crippen LogP contribution >= 0.6 is 0 Å². The van der Waals surface area contributed by atoms with Gasteiger partial charge in [-0.3, -0.25) is 0 Å². The average Bonchev–Trinajstić information content (AvgIpc) is 2.30. The van der Waals surface area contributed by atoms with E-state index in [4.69, 9.17) is 5.26 Å². The molecule has 92 valence electrons. The Morgan fingerprint density at radius 1 is 1.31 bits per heavy atom. The van der Waals surface area contributed by atoms with Crippen molar-refractivity contribution in [2.45, 2.75) is 65.3 Å². The van der Waals surface area contributed by atoms with Crippen LogP contribution in [-0.4, -0.2) is 12.6 Å². The average molecular weight is 222 g/mol. The third-order valence-electron chi connectivity index (χ3n) is 3.88. The second kappa shape index (κ2) is 6.25. The fraction of sp³-hybridized carbons (Fsp3) is 0.929. The van der Waals surface area contributed by atoms with E-state index in [-0.39, 0.29) is 5.41 Å². The van der Waals surface area contributed by atoms with Crippen molar-refractivity contribution in [1.82, 2.24) is 5.32 Å². The van der Waals surface area contributed by atoms with Crippen LogP contribution in [0.1, 0.15) is 59.3 Å². The predicted octanol–water partition coefficient (Wildman–Crippen LogP) is 3.48. The Morgan fingerprint density at radius 2 is 1.94 bits per heavy atom. The van der Waals surface area contributed by atoms with Gasteiger partial charge in [-0.2, -0.15) is 5.26 Å². The van der Waals surface area contributed by atoms with Crippen LogP contribution in [0.3, 0.4) is 0 Å². The maximum atomic E-state index is 8.93. The highest BCUT2D eigenvalue weighted by Gasteiger charge is 2.21. The lowest BCUT2D eigenvalue weighted by atomic mass is 9.84. The van der Waals surface area contributed by atoms with Crippen molar-refractivity contribution in [3.8, 4) is 6.07 Å². The molecule has 0 saturated heterocycles. The van der Waals surface area contributed by atoms with E-state index in [0.717, 1.165) is 18.9 Å². The molecular formula is C14H26N2. The molecule has 1 aliphatic carbocycles. The topological polar surface area (TPSA) is 35.8 Å². The van der Waals surface area contributed by atoms with E-state index >= 15 is 0 Å². The molecule has 0 radical (unpaired) electrons. The summed E-state index contributed by atoms with van der Waals surface area (Å²) in [5.74, 6) is 0.860. The molecule has 2 nitrogen and oxygen atoms in total. The molecule has 1 saturated carbocycles. The molecule has 0 aliphatic heterocycles. The van der Waals surface area contributed by atoms with Crippen LogP contribution in [0.25, 0.3) is 0 Å². The highest BCUT2D eigenvalue weighted by molar-refractivity contribution is 4.92. The standard InChI is InChI=1S/C14H26N2/c1-12(13-7-5-4-6-8-13)16-10-9-14(2,3)11-15/h12-13,16H,4-10H2,1-3H3. The molecule has 1 unspecified atom stereocenters. The molecule has 16 heavy (non-hydrogen) atoms. The molecule has 1 fully saturated rings. The van der Waals surface area contributed by atoms with Gasteiger partial charge >= 0.3 is 0 Å². The van der Waals surface area contributed by atoms with Crippen LogP contribution in [0.15, 0.2) is 0 Å². The minimum Gasteiger partial charge on any atom is -0.314 e. The fourth-order valence-corrected chi connectivity index (χ4v) is 2.47. The molecule has 1 N–H and O–H groups in total. The summed E-state index contributed by atoms with van der Waals surface area (Å²) in [6, 6.07) is 2.97. The first-order valence-corrected chi connectivity index (χ1v) is 6.70. The smallest absolute Gasteiger partial charge is 0.0684 e.